The Morgan fingerprint density at radius 3 is 2.77 bits per heavy atom. The third kappa shape index (κ3) is 2.39. The molecule has 2 unspecified atom stereocenters. The van der Waals surface area contributed by atoms with Crippen LogP contribution in [0, 0.1) is 0 Å². The molecule has 3 heteroatoms. The Morgan fingerprint density at radius 1 is 1.08 bits per heavy atom. The van der Waals surface area contributed by atoms with Gasteiger partial charge in [0.2, 0.25) is 0 Å². The lowest BCUT2D eigenvalue weighted by Crippen LogP contribution is -2.45. The van der Waals surface area contributed by atoms with Crippen LogP contribution in [0.5, 0.6) is 0 Å². The van der Waals surface area contributed by atoms with Gasteiger partial charge in [-0.3, -0.25) is 4.90 Å². The molecule has 2 N–H and O–H groups in total. The molecule has 1 aliphatic carbocycles. The fourth-order valence-electron chi connectivity index (χ4n) is 2.52. The summed E-state index contributed by atoms with van der Waals surface area (Å²) < 4.78 is 0. The van der Waals surface area contributed by atoms with Crippen molar-refractivity contribution >= 4 is 11.8 Å². The van der Waals surface area contributed by atoms with Crippen LogP contribution < -0.4 is 5.73 Å². The molecule has 1 saturated carbocycles. The monoisotopic (exact) mass is 200 g/mol. The van der Waals surface area contributed by atoms with Crippen LogP contribution in [0.25, 0.3) is 0 Å². The smallest absolute Gasteiger partial charge is 0.0247 e. The Bertz CT molecular complexity index is 155. The van der Waals surface area contributed by atoms with E-state index >= 15 is 0 Å². The van der Waals surface area contributed by atoms with Crippen molar-refractivity contribution in [3.63, 3.8) is 0 Å². The van der Waals surface area contributed by atoms with Crippen molar-refractivity contribution in [2.24, 2.45) is 5.73 Å². The molecule has 76 valence electrons. The van der Waals surface area contributed by atoms with Gasteiger partial charge in [-0.1, -0.05) is 6.42 Å². The highest BCUT2D eigenvalue weighted by molar-refractivity contribution is 7.99. The van der Waals surface area contributed by atoms with Gasteiger partial charge in [0, 0.05) is 24.4 Å². The van der Waals surface area contributed by atoms with Gasteiger partial charge in [-0.2, -0.15) is 11.8 Å². The van der Waals surface area contributed by atoms with Crippen LogP contribution in [-0.4, -0.2) is 41.6 Å². The topological polar surface area (TPSA) is 29.3 Å². The molecule has 2 atom stereocenters. The lowest BCUT2D eigenvalue weighted by Gasteiger charge is -2.29. The quantitative estimate of drug-likeness (QED) is 0.692. The minimum Gasteiger partial charge on any atom is -0.326 e. The molecule has 1 aliphatic heterocycles. The van der Waals surface area contributed by atoms with Crippen molar-refractivity contribution in [2.45, 2.75) is 37.8 Å². The van der Waals surface area contributed by atoms with E-state index in [2.05, 4.69) is 16.7 Å². The largest absolute Gasteiger partial charge is 0.326 e. The first-order chi connectivity index (χ1) is 6.38. The first kappa shape index (κ1) is 9.81. The molecule has 2 nitrogen and oxygen atoms in total. The SMILES string of the molecule is NC1CCCC1N1CCCSCC1. The third-order valence-corrected chi connectivity index (χ3v) is 4.31. The highest BCUT2D eigenvalue weighted by atomic mass is 32.2. The predicted molar refractivity (Wildman–Crippen MR) is 59.1 cm³/mol. The van der Waals surface area contributed by atoms with E-state index in [1.165, 1.54) is 50.3 Å². The molecule has 0 aromatic rings. The zero-order valence-corrected chi connectivity index (χ0v) is 9.06. The van der Waals surface area contributed by atoms with E-state index in [9.17, 15) is 0 Å². The molecule has 0 aromatic heterocycles. The number of thioether (sulfide) groups is 1. The molecule has 2 rings (SSSR count). The fraction of sp³-hybridized carbons (Fsp3) is 1.00. The third-order valence-electron chi connectivity index (χ3n) is 3.26. The van der Waals surface area contributed by atoms with Crippen molar-refractivity contribution in [1.82, 2.24) is 4.90 Å². The minimum absolute atomic E-state index is 0.461. The van der Waals surface area contributed by atoms with Crippen LogP contribution in [0.1, 0.15) is 25.7 Å². The van der Waals surface area contributed by atoms with Crippen LogP contribution in [0.3, 0.4) is 0 Å². The van der Waals surface area contributed by atoms with Crippen LogP contribution in [0.2, 0.25) is 0 Å². The summed E-state index contributed by atoms with van der Waals surface area (Å²) in [6.07, 6.45) is 5.28. The molecule has 13 heavy (non-hydrogen) atoms. The van der Waals surface area contributed by atoms with E-state index in [1.54, 1.807) is 0 Å². The first-order valence-electron chi connectivity index (χ1n) is 5.45. The molecule has 0 aromatic carbocycles. The fourth-order valence-corrected chi connectivity index (χ4v) is 3.42. The second-order valence-electron chi connectivity index (χ2n) is 4.16. The van der Waals surface area contributed by atoms with Crippen molar-refractivity contribution in [3.05, 3.63) is 0 Å². The second kappa shape index (κ2) is 4.67. The number of hydrogen-bond acceptors (Lipinski definition) is 3. The van der Waals surface area contributed by atoms with Crippen LogP contribution in [-0.2, 0) is 0 Å². The predicted octanol–water partition coefficient (Wildman–Crippen LogP) is 1.31. The summed E-state index contributed by atoms with van der Waals surface area (Å²) >= 11 is 2.10. The number of hydrogen-bond donors (Lipinski definition) is 1. The van der Waals surface area contributed by atoms with Crippen LogP contribution in [0.15, 0.2) is 0 Å². The van der Waals surface area contributed by atoms with Crippen molar-refractivity contribution in [3.8, 4) is 0 Å². The van der Waals surface area contributed by atoms with E-state index < -0.39 is 0 Å². The molecular weight excluding hydrogens is 180 g/mol. The highest BCUT2D eigenvalue weighted by Gasteiger charge is 2.29. The van der Waals surface area contributed by atoms with E-state index in [-0.39, 0.29) is 0 Å². The summed E-state index contributed by atoms with van der Waals surface area (Å²) in [6.45, 7) is 2.55. The Labute approximate surface area is 85.2 Å². The first-order valence-corrected chi connectivity index (χ1v) is 6.61. The molecule has 0 amide bonds. The zero-order chi connectivity index (χ0) is 9.10. The van der Waals surface area contributed by atoms with E-state index in [1.807, 2.05) is 0 Å². The van der Waals surface area contributed by atoms with Gasteiger partial charge in [0.1, 0.15) is 0 Å². The van der Waals surface area contributed by atoms with Gasteiger partial charge in [0.25, 0.3) is 0 Å². The molecule has 1 heterocycles. The molecule has 1 saturated heterocycles. The van der Waals surface area contributed by atoms with Gasteiger partial charge in [-0.05, 0) is 31.6 Å². The lowest BCUT2D eigenvalue weighted by molar-refractivity contribution is 0.199. The van der Waals surface area contributed by atoms with Gasteiger partial charge in [0.05, 0.1) is 0 Å². The van der Waals surface area contributed by atoms with Gasteiger partial charge in [-0.15, -0.1) is 0 Å². The molecule has 0 radical (unpaired) electrons. The average molecular weight is 200 g/mol. The normalized spacial score (nSPS) is 37.6. The molecule has 2 fully saturated rings. The summed E-state index contributed by atoms with van der Waals surface area (Å²) in [5.41, 5.74) is 6.11. The van der Waals surface area contributed by atoms with E-state index in [0.717, 1.165) is 0 Å². The Kier molecular flexibility index (Phi) is 3.52. The van der Waals surface area contributed by atoms with Crippen molar-refractivity contribution < 1.29 is 0 Å². The Balaban J connectivity index is 1.89. The number of nitrogens with two attached hydrogens (primary N) is 1. The van der Waals surface area contributed by atoms with E-state index in [0.29, 0.717) is 12.1 Å². The second-order valence-corrected chi connectivity index (χ2v) is 5.39. The summed E-state index contributed by atoms with van der Waals surface area (Å²) in [5, 5.41) is 0. The zero-order valence-electron chi connectivity index (χ0n) is 8.24. The molecular formula is C10H20N2S. The molecule has 0 bridgehead atoms. The number of rotatable bonds is 1. The van der Waals surface area contributed by atoms with Gasteiger partial charge in [-0.25, -0.2) is 0 Å². The highest BCUT2D eigenvalue weighted by Crippen LogP contribution is 2.24. The summed E-state index contributed by atoms with van der Waals surface area (Å²) in [5.74, 6) is 2.65. The van der Waals surface area contributed by atoms with Crippen molar-refractivity contribution in [1.29, 1.82) is 0 Å². The Hall–Kier alpha value is 0.270. The molecule has 0 spiro atoms. The lowest BCUT2D eigenvalue weighted by atomic mass is 10.1. The molecule has 2 aliphatic rings. The van der Waals surface area contributed by atoms with Gasteiger partial charge in [0.15, 0.2) is 0 Å². The summed E-state index contributed by atoms with van der Waals surface area (Å²) in [4.78, 5) is 2.64. The minimum atomic E-state index is 0.461. The number of nitrogens with zero attached hydrogens (tertiary/aromatic N) is 1. The van der Waals surface area contributed by atoms with E-state index in [4.69, 9.17) is 5.73 Å². The van der Waals surface area contributed by atoms with Crippen LogP contribution in [0.4, 0.5) is 0 Å². The average Bonchev–Trinajstić information content (AvgIpc) is 2.43. The maximum atomic E-state index is 6.11. The van der Waals surface area contributed by atoms with Gasteiger partial charge < -0.3 is 5.73 Å². The standard InChI is InChI=1S/C10H20N2S/c11-9-3-1-4-10(9)12-5-2-7-13-8-6-12/h9-10H,1-8,11H2. The Morgan fingerprint density at radius 2 is 2.00 bits per heavy atom. The summed E-state index contributed by atoms with van der Waals surface area (Å²) in [7, 11) is 0. The summed E-state index contributed by atoms with van der Waals surface area (Å²) in [6, 6.07) is 1.17. The maximum absolute atomic E-state index is 6.11. The maximum Gasteiger partial charge on any atom is 0.0247 e. The van der Waals surface area contributed by atoms with Gasteiger partial charge >= 0.3 is 0 Å². The van der Waals surface area contributed by atoms with Crippen molar-refractivity contribution in [2.75, 3.05) is 24.6 Å². The van der Waals surface area contributed by atoms with Crippen LogP contribution >= 0.6 is 11.8 Å².